The second kappa shape index (κ2) is 10.2. The number of aromatic nitrogens is 1. The predicted molar refractivity (Wildman–Crippen MR) is 132 cm³/mol. The first-order valence-corrected chi connectivity index (χ1v) is 12.5. The SMILES string of the molecule is CC(=O)N(CCC(NC(=O)c1[nH]c2ccc(Cl)c(Cl)c2c1C)c1cccc(C(=O)O)c1)S(N)(=O)=O. The van der Waals surface area contributed by atoms with Crippen LogP contribution in [0.25, 0.3) is 10.9 Å². The summed E-state index contributed by atoms with van der Waals surface area (Å²) in [4.78, 5) is 39.5. The van der Waals surface area contributed by atoms with E-state index in [1.54, 1.807) is 25.1 Å². The number of fused-ring (bicyclic) bond motifs is 1. The summed E-state index contributed by atoms with van der Waals surface area (Å²) in [6, 6.07) is 8.22. The van der Waals surface area contributed by atoms with Gasteiger partial charge in [0.05, 0.1) is 21.7 Å². The van der Waals surface area contributed by atoms with Crippen LogP contribution < -0.4 is 10.5 Å². The fourth-order valence-electron chi connectivity index (χ4n) is 3.75. The maximum Gasteiger partial charge on any atom is 0.335 e. The highest BCUT2D eigenvalue weighted by Crippen LogP contribution is 2.34. The monoisotopic (exact) mass is 540 g/mol. The summed E-state index contributed by atoms with van der Waals surface area (Å²) in [6.07, 6.45) is -0.0727. The van der Waals surface area contributed by atoms with Crippen molar-refractivity contribution in [2.75, 3.05) is 6.54 Å². The number of hydrogen-bond donors (Lipinski definition) is 4. The van der Waals surface area contributed by atoms with Crippen molar-refractivity contribution in [2.24, 2.45) is 5.14 Å². The van der Waals surface area contributed by atoms with Crippen LogP contribution in [0.5, 0.6) is 0 Å². The molecule has 1 atom stereocenters. The summed E-state index contributed by atoms with van der Waals surface area (Å²) in [5, 5.41) is 18.5. The lowest BCUT2D eigenvalue weighted by Gasteiger charge is -2.24. The van der Waals surface area contributed by atoms with E-state index in [-0.39, 0.29) is 29.2 Å². The van der Waals surface area contributed by atoms with Crippen molar-refractivity contribution in [1.82, 2.24) is 14.6 Å². The van der Waals surface area contributed by atoms with Gasteiger partial charge in [-0.2, -0.15) is 8.42 Å². The molecule has 0 aliphatic rings. The van der Waals surface area contributed by atoms with Gasteiger partial charge in [0, 0.05) is 24.4 Å². The number of H-pyrrole nitrogens is 1. The number of halogens is 2. The first kappa shape index (κ1) is 26.5. The van der Waals surface area contributed by atoms with E-state index < -0.39 is 34.0 Å². The Morgan fingerprint density at radius 1 is 1.20 bits per heavy atom. The average molecular weight is 541 g/mol. The molecular weight excluding hydrogens is 519 g/mol. The normalized spacial score (nSPS) is 12.4. The molecule has 0 spiro atoms. The summed E-state index contributed by atoms with van der Waals surface area (Å²) < 4.78 is 24.1. The second-order valence-electron chi connectivity index (χ2n) is 7.79. The van der Waals surface area contributed by atoms with Crippen molar-refractivity contribution in [3.05, 3.63) is 68.8 Å². The van der Waals surface area contributed by atoms with Crippen LogP contribution in [0.3, 0.4) is 0 Å². The van der Waals surface area contributed by atoms with E-state index in [0.717, 1.165) is 6.92 Å². The van der Waals surface area contributed by atoms with Crippen LogP contribution in [0, 0.1) is 6.92 Å². The highest BCUT2D eigenvalue weighted by Gasteiger charge is 2.26. The summed E-state index contributed by atoms with van der Waals surface area (Å²) in [6.45, 7) is 2.39. The zero-order chi connectivity index (χ0) is 26.1. The fraction of sp³-hybridized carbons (Fsp3) is 0.227. The Hall–Kier alpha value is -3.12. The van der Waals surface area contributed by atoms with Gasteiger partial charge < -0.3 is 15.4 Å². The molecular formula is C22H22Cl2N4O6S. The van der Waals surface area contributed by atoms with Gasteiger partial charge in [-0.25, -0.2) is 14.2 Å². The lowest BCUT2D eigenvalue weighted by molar-refractivity contribution is -0.124. The zero-order valence-corrected chi connectivity index (χ0v) is 21.0. The molecule has 2 amide bonds. The molecule has 3 rings (SSSR count). The third-order valence-corrected chi connectivity index (χ3v) is 7.31. The van der Waals surface area contributed by atoms with Crippen molar-refractivity contribution < 1.29 is 27.9 Å². The molecule has 35 heavy (non-hydrogen) atoms. The minimum Gasteiger partial charge on any atom is -0.478 e. The molecule has 5 N–H and O–H groups in total. The number of benzene rings is 2. The number of aromatic amines is 1. The van der Waals surface area contributed by atoms with Crippen molar-refractivity contribution in [3.63, 3.8) is 0 Å². The third-order valence-electron chi connectivity index (χ3n) is 5.45. The van der Waals surface area contributed by atoms with Gasteiger partial charge in [0.2, 0.25) is 5.91 Å². The number of carbonyl (C=O) groups is 3. The van der Waals surface area contributed by atoms with Crippen molar-refractivity contribution in [1.29, 1.82) is 0 Å². The molecule has 0 bridgehead atoms. The maximum absolute atomic E-state index is 13.3. The van der Waals surface area contributed by atoms with Gasteiger partial charge in [-0.3, -0.25) is 9.59 Å². The number of nitrogens with two attached hydrogens (primary N) is 1. The molecule has 13 heteroatoms. The molecule has 3 aromatic rings. The Bertz CT molecular complexity index is 1440. The minimum atomic E-state index is -4.33. The van der Waals surface area contributed by atoms with Crippen LogP contribution in [0.15, 0.2) is 36.4 Å². The Balaban J connectivity index is 1.98. The van der Waals surface area contributed by atoms with Gasteiger partial charge in [-0.1, -0.05) is 35.3 Å². The smallest absolute Gasteiger partial charge is 0.335 e. The minimum absolute atomic E-state index is 0.0279. The zero-order valence-electron chi connectivity index (χ0n) is 18.6. The van der Waals surface area contributed by atoms with Crippen molar-refractivity contribution in [2.45, 2.75) is 26.3 Å². The van der Waals surface area contributed by atoms with Crippen molar-refractivity contribution >= 4 is 62.1 Å². The molecule has 1 unspecified atom stereocenters. The molecule has 10 nitrogen and oxygen atoms in total. The van der Waals surface area contributed by atoms with E-state index >= 15 is 0 Å². The first-order chi connectivity index (χ1) is 16.3. The lowest BCUT2D eigenvalue weighted by Crippen LogP contribution is -2.42. The van der Waals surface area contributed by atoms with E-state index in [2.05, 4.69) is 10.3 Å². The van der Waals surface area contributed by atoms with Gasteiger partial charge in [-0.15, -0.1) is 0 Å². The molecule has 0 saturated carbocycles. The molecule has 186 valence electrons. The largest absolute Gasteiger partial charge is 0.478 e. The van der Waals surface area contributed by atoms with Crippen LogP contribution in [0.4, 0.5) is 0 Å². The molecule has 0 fully saturated rings. The summed E-state index contributed by atoms with van der Waals surface area (Å²) >= 11 is 12.4. The lowest BCUT2D eigenvalue weighted by atomic mass is 10.0. The highest BCUT2D eigenvalue weighted by atomic mass is 35.5. The third kappa shape index (κ3) is 5.76. The number of aryl methyl sites for hydroxylation is 1. The predicted octanol–water partition coefficient (Wildman–Crippen LogP) is 3.39. The molecule has 1 heterocycles. The number of rotatable bonds is 8. The Morgan fingerprint density at radius 2 is 1.89 bits per heavy atom. The van der Waals surface area contributed by atoms with Gasteiger partial charge in [0.1, 0.15) is 5.69 Å². The molecule has 0 saturated heterocycles. The quantitative estimate of drug-likeness (QED) is 0.342. The summed E-state index contributed by atoms with van der Waals surface area (Å²) in [7, 11) is -4.33. The first-order valence-electron chi connectivity index (χ1n) is 10.2. The molecule has 1 aromatic heterocycles. The summed E-state index contributed by atoms with van der Waals surface area (Å²) in [5.41, 5.74) is 1.69. The van der Waals surface area contributed by atoms with E-state index in [1.165, 1.54) is 18.2 Å². The van der Waals surface area contributed by atoms with E-state index in [4.69, 9.17) is 28.3 Å². The van der Waals surface area contributed by atoms with Gasteiger partial charge in [-0.05, 0) is 48.7 Å². The van der Waals surface area contributed by atoms with Crippen LogP contribution >= 0.6 is 23.2 Å². The van der Waals surface area contributed by atoms with E-state index in [1.807, 2.05) is 0 Å². The van der Waals surface area contributed by atoms with Crippen LogP contribution in [-0.2, 0) is 15.0 Å². The standard InChI is InChI=1S/C22H22Cl2N4O6S/c1-11-18-17(7-6-15(23)19(18)24)26-20(11)21(30)27-16(8-9-28(12(2)29)35(25,33)34)13-4-3-5-14(10-13)22(31)32/h3-7,10,16,26H,8-9H2,1-2H3,(H,27,30)(H,31,32)(H2,25,33,34). The average Bonchev–Trinajstić information content (AvgIpc) is 3.11. The summed E-state index contributed by atoms with van der Waals surface area (Å²) in [5.74, 6) is -2.53. The Kier molecular flexibility index (Phi) is 7.75. The number of nitrogens with zero attached hydrogens (tertiary/aromatic N) is 1. The van der Waals surface area contributed by atoms with Crippen LogP contribution in [0.2, 0.25) is 10.0 Å². The van der Waals surface area contributed by atoms with Crippen LogP contribution in [0.1, 0.15) is 51.4 Å². The fourth-order valence-corrected chi connectivity index (χ4v) is 4.94. The number of carbonyl (C=O) groups excluding carboxylic acids is 2. The number of amides is 2. The van der Waals surface area contributed by atoms with Gasteiger partial charge in [0.15, 0.2) is 0 Å². The molecule has 0 radical (unpaired) electrons. The number of carboxylic acids is 1. The van der Waals surface area contributed by atoms with Gasteiger partial charge in [0.25, 0.3) is 5.91 Å². The van der Waals surface area contributed by atoms with E-state index in [0.29, 0.717) is 31.4 Å². The number of aromatic carboxylic acids is 1. The maximum atomic E-state index is 13.3. The van der Waals surface area contributed by atoms with Crippen LogP contribution in [-0.4, -0.2) is 47.1 Å². The van der Waals surface area contributed by atoms with Crippen molar-refractivity contribution in [3.8, 4) is 0 Å². The Morgan fingerprint density at radius 3 is 2.49 bits per heavy atom. The highest BCUT2D eigenvalue weighted by molar-refractivity contribution is 7.87. The van der Waals surface area contributed by atoms with Gasteiger partial charge >= 0.3 is 16.2 Å². The topological polar surface area (TPSA) is 163 Å². The Labute approximate surface area is 211 Å². The molecule has 0 aliphatic carbocycles. The molecule has 2 aromatic carbocycles. The number of hydrogen-bond acceptors (Lipinski definition) is 5. The second-order valence-corrected chi connectivity index (χ2v) is 10.0. The molecule has 0 aliphatic heterocycles. The number of nitrogens with one attached hydrogen (secondary N) is 2. The number of carboxylic acid groups (broad SMARTS) is 1. The van der Waals surface area contributed by atoms with E-state index in [9.17, 15) is 27.9 Å².